The highest BCUT2D eigenvalue weighted by atomic mass is 16.5. The van der Waals surface area contributed by atoms with Crippen LogP contribution in [0.25, 0.3) is 0 Å². The fourth-order valence-electron chi connectivity index (χ4n) is 3.54. The number of hydrogen-bond donors (Lipinski definition) is 2. The number of benzene rings is 2. The molecule has 2 aliphatic heterocycles. The summed E-state index contributed by atoms with van der Waals surface area (Å²) in [6, 6.07) is 13.7. The molecule has 4 rings (SSSR count). The molecule has 0 saturated carbocycles. The maximum atomic E-state index is 12.9. The van der Waals surface area contributed by atoms with E-state index in [4.69, 9.17) is 9.47 Å². The van der Waals surface area contributed by atoms with Gasteiger partial charge in [-0.1, -0.05) is 24.3 Å². The Morgan fingerprint density at radius 2 is 1.71 bits per heavy atom. The molecule has 160 valence electrons. The van der Waals surface area contributed by atoms with E-state index in [2.05, 4.69) is 10.6 Å². The van der Waals surface area contributed by atoms with E-state index in [9.17, 15) is 19.2 Å². The molecule has 0 spiro atoms. The number of nitrogens with one attached hydrogen (secondary N) is 2. The first-order valence-corrected chi connectivity index (χ1v) is 9.73. The summed E-state index contributed by atoms with van der Waals surface area (Å²) in [5, 5.41) is 5.43. The predicted molar refractivity (Wildman–Crippen MR) is 112 cm³/mol. The lowest BCUT2D eigenvalue weighted by Gasteiger charge is -2.41. The molecule has 2 aromatic carbocycles. The number of amides is 3. The van der Waals surface area contributed by atoms with Crippen molar-refractivity contribution < 1.29 is 28.7 Å². The second-order valence-electron chi connectivity index (χ2n) is 7.72. The minimum Gasteiger partial charge on any atom is -0.478 e. The summed E-state index contributed by atoms with van der Waals surface area (Å²) in [6.45, 7) is 2.64. The highest BCUT2D eigenvalue weighted by Gasteiger charge is 2.43. The van der Waals surface area contributed by atoms with Crippen LogP contribution < -0.4 is 20.3 Å². The number of para-hydroxylation sites is 4. The van der Waals surface area contributed by atoms with E-state index in [1.165, 1.54) is 4.90 Å². The van der Waals surface area contributed by atoms with Crippen LogP contribution in [0.4, 0.5) is 17.1 Å². The average molecular weight is 423 g/mol. The van der Waals surface area contributed by atoms with Crippen molar-refractivity contribution in [2.24, 2.45) is 0 Å². The maximum Gasteiger partial charge on any atom is 0.310 e. The number of carbonyl (C=O) groups is 4. The van der Waals surface area contributed by atoms with Crippen LogP contribution in [0.5, 0.6) is 5.75 Å². The Hall–Kier alpha value is -3.88. The molecule has 9 nitrogen and oxygen atoms in total. The predicted octanol–water partition coefficient (Wildman–Crippen LogP) is 2.08. The molecule has 2 N–H and O–H groups in total. The second-order valence-corrected chi connectivity index (χ2v) is 7.72. The number of hydrogen-bond acceptors (Lipinski definition) is 6. The monoisotopic (exact) mass is 423 g/mol. The number of fused-ring (bicyclic) bond motifs is 2. The van der Waals surface area contributed by atoms with Gasteiger partial charge in [0.05, 0.1) is 23.5 Å². The topological polar surface area (TPSA) is 114 Å². The van der Waals surface area contributed by atoms with Gasteiger partial charge in [-0.25, -0.2) is 0 Å². The molecule has 1 unspecified atom stereocenters. The van der Waals surface area contributed by atoms with Crippen LogP contribution in [0.2, 0.25) is 0 Å². The first kappa shape index (κ1) is 20.4. The van der Waals surface area contributed by atoms with E-state index >= 15 is 0 Å². The Morgan fingerprint density at radius 3 is 2.48 bits per heavy atom. The Kier molecular flexibility index (Phi) is 5.10. The summed E-state index contributed by atoms with van der Waals surface area (Å²) < 4.78 is 10.7. The zero-order chi connectivity index (χ0) is 22.2. The Labute approximate surface area is 178 Å². The van der Waals surface area contributed by atoms with Gasteiger partial charge in [-0.3, -0.25) is 24.1 Å². The molecule has 2 aliphatic rings. The minimum atomic E-state index is -1.17. The standard InChI is InChI=1S/C22H21N3O6/c1-22(2)21(29)24-13-7-3-5-9-15(13)25(22)18(26)12-30-19(27)11-17-20(28)23-14-8-4-6-10-16(14)31-17/h3-10,17H,11-12H2,1-2H3,(H,23,28)(H,24,29). The lowest BCUT2D eigenvalue weighted by atomic mass is 9.96. The van der Waals surface area contributed by atoms with Crippen molar-refractivity contribution in [3.05, 3.63) is 48.5 Å². The van der Waals surface area contributed by atoms with E-state index in [1.807, 2.05) is 0 Å². The molecule has 0 radical (unpaired) electrons. The van der Waals surface area contributed by atoms with Crippen LogP contribution in [-0.2, 0) is 23.9 Å². The molecule has 0 saturated heterocycles. The summed E-state index contributed by atoms with van der Waals surface area (Å²) in [4.78, 5) is 51.1. The van der Waals surface area contributed by atoms with Crippen molar-refractivity contribution in [1.29, 1.82) is 0 Å². The van der Waals surface area contributed by atoms with Crippen molar-refractivity contribution in [1.82, 2.24) is 0 Å². The summed E-state index contributed by atoms with van der Waals surface area (Å²) in [6.07, 6.45) is -1.41. The average Bonchev–Trinajstić information content (AvgIpc) is 2.73. The number of rotatable bonds is 4. The van der Waals surface area contributed by atoms with Crippen LogP contribution in [0.15, 0.2) is 48.5 Å². The molecule has 1 atom stereocenters. The third-order valence-corrected chi connectivity index (χ3v) is 5.17. The van der Waals surface area contributed by atoms with Crippen LogP contribution in [0, 0.1) is 0 Å². The van der Waals surface area contributed by atoms with Crippen molar-refractivity contribution in [2.75, 3.05) is 22.1 Å². The van der Waals surface area contributed by atoms with E-state index < -0.39 is 36.0 Å². The fourth-order valence-corrected chi connectivity index (χ4v) is 3.54. The summed E-state index contributed by atoms with van der Waals surface area (Å²) in [7, 11) is 0. The molecule has 0 fully saturated rings. The van der Waals surface area contributed by atoms with Gasteiger partial charge < -0.3 is 20.1 Å². The van der Waals surface area contributed by atoms with Gasteiger partial charge in [0.25, 0.3) is 11.8 Å². The first-order valence-electron chi connectivity index (χ1n) is 9.73. The number of ether oxygens (including phenoxy) is 2. The number of anilines is 3. The zero-order valence-corrected chi connectivity index (χ0v) is 17.0. The molecular formula is C22H21N3O6. The SMILES string of the molecule is CC1(C)C(=O)Nc2ccccc2N1C(=O)COC(=O)CC1Oc2ccccc2NC1=O. The second kappa shape index (κ2) is 7.75. The van der Waals surface area contributed by atoms with Crippen molar-refractivity contribution in [2.45, 2.75) is 31.9 Å². The third-order valence-electron chi connectivity index (χ3n) is 5.17. The smallest absolute Gasteiger partial charge is 0.310 e. The van der Waals surface area contributed by atoms with Crippen LogP contribution in [0.3, 0.4) is 0 Å². The van der Waals surface area contributed by atoms with E-state index in [1.54, 1.807) is 62.4 Å². The van der Waals surface area contributed by atoms with Gasteiger partial charge in [-0.2, -0.15) is 0 Å². The fraction of sp³-hybridized carbons (Fsp3) is 0.273. The van der Waals surface area contributed by atoms with E-state index in [-0.39, 0.29) is 12.3 Å². The van der Waals surface area contributed by atoms with Gasteiger partial charge in [0.1, 0.15) is 11.3 Å². The van der Waals surface area contributed by atoms with Crippen LogP contribution in [-0.4, -0.2) is 41.9 Å². The number of carbonyl (C=O) groups excluding carboxylic acids is 4. The molecule has 9 heteroatoms. The summed E-state index contributed by atoms with van der Waals surface area (Å²) >= 11 is 0. The largest absolute Gasteiger partial charge is 0.478 e. The third kappa shape index (κ3) is 3.81. The summed E-state index contributed by atoms with van der Waals surface area (Å²) in [5.74, 6) is -1.68. The van der Waals surface area contributed by atoms with Gasteiger partial charge in [-0.15, -0.1) is 0 Å². The molecule has 0 bridgehead atoms. The molecule has 0 aromatic heterocycles. The van der Waals surface area contributed by atoms with Gasteiger partial charge >= 0.3 is 5.97 Å². The molecular weight excluding hydrogens is 402 g/mol. The Bertz CT molecular complexity index is 1080. The van der Waals surface area contributed by atoms with E-state index in [0.717, 1.165) is 0 Å². The van der Waals surface area contributed by atoms with Crippen molar-refractivity contribution in [3.63, 3.8) is 0 Å². The lowest BCUT2D eigenvalue weighted by Crippen LogP contribution is -2.59. The maximum absolute atomic E-state index is 12.9. The quantitative estimate of drug-likeness (QED) is 0.728. The summed E-state index contributed by atoms with van der Waals surface area (Å²) in [5.41, 5.74) is 0.363. The first-order chi connectivity index (χ1) is 14.8. The van der Waals surface area contributed by atoms with E-state index in [0.29, 0.717) is 22.8 Å². The van der Waals surface area contributed by atoms with Gasteiger partial charge in [0.15, 0.2) is 12.7 Å². The highest BCUT2D eigenvalue weighted by molar-refractivity contribution is 6.14. The molecule has 3 amide bonds. The Balaban J connectivity index is 1.41. The van der Waals surface area contributed by atoms with Crippen molar-refractivity contribution in [3.8, 4) is 5.75 Å². The molecule has 0 aliphatic carbocycles. The lowest BCUT2D eigenvalue weighted by molar-refractivity contribution is -0.151. The number of nitrogens with zero attached hydrogens (tertiary/aromatic N) is 1. The zero-order valence-electron chi connectivity index (χ0n) is 17.0. The minimum absolute atomic E-state index is 0.350. The Morgan fingerprint density at radius 1 is 1.03 bits per heavy atom. The molecule has 2 heterocycles. The molecule has 2 aromatic rings. The van der Waals surface area contributed by atoms with Gasteiger partial charge in [-0.05, 0) is 38.1 Å². The van der Waals surface area contributed by atoms with Crippen LogP contribution >= 0.6 is 0 Å². The number of esters is 1. The van der Waals surface area contributed by atoms with Gasteiger partial charge in [0.2, 0.25) is 5.91 Å². The van der Waals surface area contributed by atoms with Crippen molar-refractivity contribution >= 4 is 40.8 Å². The molecule has 31 heavy (non-hydrogen) atoms. The normalized spacial score (nSPS) is 18.6. The highest BCUT2D eigenvalue weighted by Crippen LogP contribution is 2.36. The van der Waals surface area contributed by atoms with Gasteiger partial charge in [0, 0.05) is 0 Å². The van der Waals surface area contributed by atoms with Crippen LogP contribution in [0.1, 0.15) is 20.3 Å².